The predicted molar refractivity (Wildman–Crippen MR) is 99.5 cm³/mol. The number of nitrogens with one attached hydrogen (secondary N) is 1. The molecular weight excluding hydrogens is 324 g/mol. The minimum absolute atomic E-state index is 0.259. The fraction of sp³-hybridized carbons (Fsp3) is 0.611. The number of thiocarbonyl (C=S) groups is 1. The highest BCUT2D eigenvalue weighted by Crippen LogP contribution is 2.18. The van der Waals surface area contributed by atoms with Gasteiger partial charge >= 0.3 is 0 Å². The maximum Gasteiger partial charge on any atom is 0.169 e. The lowest BCUT2D eigenvalue weighted by molar-refractivity contribution is 0.0897. The quantitative estimate of drug-likeness (QED) is 0.544. The standard InChI is InChI=1S/C18H28N2O3S/c1-21-10-5-9-19-18(24)20(14-17-8-4-11-23-17)13-15-6-3-7-16(12-15)22-2/h3,6-7,12,17H,4-5,8-11,13-14H2,1-2H3,(H,19,24). The van der Waals surface area contributed by atoms with Gasteiger partial charge in [-0.2, -0.15) is 0 Å². The summed E-state index contributed by atoms with van der Waals surface area (Å²) in [5.74, 6) is 0.864. The van der Waals surface area contributed by atoms with Crippen molar-refractivity contribution in [1.29, 1.82) is 0 Å². The Bertz CT molecular complexity index is 507. The van der Waals surface area contributed by atoms with Gasteiger partial charge in [-0.15, -0.1) is 0 Å². The van der Waals surface area contributed by atoms with E-state index in [9.17, 15) is 0 Å². The Morgan fingerprint density at radius 2 is 2.29 bits per heavy atom. The highest BCUT2D eigenvalue weighted by molar-refractivity contribution is 7.80. The molecule has 134 valence electrons. The van der Waals surface area contributed by atoms with Crippen molar-refractivity contribution in [3.05, 3.63) is 29.8 Å². The van der Waals surface area contributed by atoms with Gasteiger partial charge in [0.1, 0.15) is 5.75 Å². The van der Waals surface area contributed by atoms with E-state index in [1.807, 2.05) is 12.1 Å². The van der Waals surface area contributed by atoms with Gasteiger partial charge in [0.05, 0.1) is 13.2 Å². The first-order valence-electron chi connectivity index (χ1n) is 8.49. The molecule has 1 N–H and O–H groups in total. The van der Waals surface area contributed by atoms with E-state index in [2.05, 4.69) is 22.3 Å². The molecule has 6 heteroatoms. The first kappa shape index (κ1) is 19.0. The summed E-state index contributed by atoms with van der Waals surface area (Å²) in [5, 5.41) is 4.10. The Morgan fingerprint density at radius 1 is 1.42 bits per heavy atom. The molecule has 1 unspecified atom stereocenters. The van der Waals surface area contributed by atoms with Crippen LogP contribution in [-0.4, -0.2) is 56.6 Å². The third-order valence-electron chi connectivity index (χ3n) is 4.04. The summed E-state index contributed by atoms with van der Waals surface area (Å²) < 4.78 is 16.2. The molecule has 1 heterocycles. The fourth-order valence-corrected chi connectivity index (χ4v) is 3.01. The van der Waals surface area contributed by atoms with Crippen LogP contribution in [0.25, 0.3) is 0 Å². The summed E-state index contributed by atoms with van der Waals surface area (Å²) in [4.78, 5) is 2.19. The zero-order valence-corrected chi connectivity index (χ0v) is 15.4. The van der Waals surface area contributed by atoms with Crippen LogP contribution in [0.3, 0.4) is 0 Å². The summed E-state index contributed by atoms with van der Waals surface area (Å²) in [6, 6.07) is 8.11. The second kappa shape index (κ2) is 10.5. The van der Waals surface area contributed by atoms with Crippen molar-refractivity contribution in [2.24, 2.45) is 0 Å². The lowest BCUT2D eigenvalue weighted by atomic mass is 10.2. The normalized spacial score (nSPS) is 16.8. The summed E-state index contributed by atoms with van der Waals surface area (Å²) >= 11 is 5.61. The Morgan fingerprint density at radius 3 is 3.00 bits per heavy atom. The van der Waals surface area contributed by atoms with E-state index >= 15 is 0 Å². The van der Waals surface area contributed by atoms with E-state index in [1.54, 1.807) is 14.2 Å². The minimum atomic E-state index is 0.259. The second-order valence-corrected chi connectivity index (χ2v) is 6.33. The maximum atomic E-state index is 5.79. The molecule has 0 aromatic heterocycles. The Hall–Kier alpha value is -1.37. The Labute approximate surface area is 150 Å². The molecule has 1 aliphatic heterocycles. The molecule has 1 fully saturated rings. The SMILES string of the molecule is COCCCNC(=S)N(Cc1cccc(OC)c1)CC1CCCO1. The highest BCUT2D eigenvalue weighted by Gasteiger charge is 2.21. The topological polar surface area (TPSA) is 43.0 Å². The van der Waals surface area contributed by atoms with E-state index in [-0.39, 0.29) is 6.10 Å². The molecule has 1 aromatic rings. The Kier molecular flexibility index (Phi) is 8.28. The lowest BCUT2D eigenvalue weighted by Gasteiger charge is -2.28. The van der Waals surface area contributed by atoms with Gasteiger partial charge in [0, 0.05) is 40.0 Å². The molecule has 2 rings (SSSR count). The van der Waals surface area contributed by atoms with E-state index in [1.165, 1.54) is 5.56 Å². The van der Waals surface area contributed by atoms with Crippen molar-refractivity contribution in [1.82, 2.24) is 10.2 Å². The predicted octanol–water partition coefficient (Wildman–Crippen LogP) is 2.59. The number of rotatable bonds is 9. The van der Waals surface area contributed by atoms with Crippen LogP contribution in [0.2, 0.25) is 0 Å². The van der Waals surface area contributed by atoms with Crippen molar-refractivity contribution >= 4 is 17.3 Å². The summed E-state index contributed by atoms with van der Waals surface area (Å²) in [5.41, 5.74) is 1.17. The van der Waals surface area contributed by atoms with Crippen LogP contribution in [0.4, 0.5) is 0 Å². The number of nitrogens with zero attached hydrogens (tertiary/aromatic N) is 1. The number of hydrogen-bond donors (Lipinski definition) is 1. The molecule has 0 aliphatic carbocycles. The number of hydrogen-bond acceptors (Lipinski definition) is 4. The third kappa shape index (κ3) is 6.26. The summed E-state index contributed by atoms with van der Waals surface area (Å²) in [6.07, 6.45) is 3.42. The molecular formula is C18H28N2O3S. The van der Waals surface area contributed by atoms with E-state index in [0.717, 1.165) is 63.0 Å². The third-order valence-corrected chi connectivity index (χ3v) is 4.45. The largest absolute Gasteiger partial charge is 0.497 e. The molecule has 0 radical (unpaired) electrons. The van der Waals surface area contributed by atoms with Gasteiger partial charge in [-0.25, -0.2) is 0 Å². The van der Waals surface area contributed by atoms with Crippen molar-refractivity contribution < 1.29 is 14.2 Å². The molecule has 1 atom stereocenters. The highest BCUT2D eigenvalue weighted by atomic mass is 32.1. The first-order chi connectivity index (χ1) is 11.7. The molecule has 0 saturated carbocycles. The zero-order valence-electron chi connectivity index (χ0n) is 14.6. The van der Waals surface area contributed by atoms with Gasteiger partial charge in [-0.1, -0.05) is 12.1 Å². The molecule has 0 bridgehead atoms. The van der Waals surface area contributed by atoms with Crippen molar-refractivity contribution in [3.8, 4) is 5.75 Å². The molecule has 24 heavy (non-hydrogen) atoms. The van der Waals surface area contributed by atoms with Gasteiger partial charge in [0.15, 0.2) is 5.11 Å². The molecule has 5 nitrogen and oxygen atoms in total. The van der Waals surface area contributed by atoms with Crippen molar-refractivity contribution in [2.75, 3.05) is 40.5 Å². The van der Waals surface area contributed by atoms with Crippen LogP contribution in [0, 0.1) is 0 Å². The smallest absolute Gasteiger partial charge is 0.169 e. The zero-order chi connectivity index (χ0) is 17.2. The van der Waals surface area contributed by atoms with Crippen LogP contribution in [0.15, 0.2) is 24.3 Å². The molecule has 1 saturated heterocycles. The van der Waals surface area contributed by atoms with Crippen LogP contribution in [0.1, 0.15) is 24.8 Å². The summed E-state index contributed by atoms with van der Waals surface area (Å²) in [6.45, 7) is 3.95. The van der Waals surface area contributed by atoms with Gasteiger partial charge in [-0.05, 0) is 49.2 Å². The Balaban J connectivity index is 1.96. The molecule has 0 spiro atoms. The number of ether oxygens (including phenoxy) is 3. The monoisotopic (exact) mass is 352 g/mol. The van der Waals surface area contributed by atoms with Crippen LogP contribution in [-0.2, 0) is 16.0 Å². The molecule has 1 aromatic carbocycles. The summed E-state index contributed by atoms with van der Waals surface area (Å²) in [7, 11) is 3.40. The fourth-order valence-electron chi connectivity index (χ4n) is 2.77. The van der Waals surface area contributed by atoms with E-state index in [0.29, 0.717) is 0 Å². The average Bonchev–Trinajstić information content (AvgIpc) is 3.11. The average molecular weight is 353 g/mol. The van der Waals surface area contributed by atoms with Gasteiger partial charge in [-0.3, -0.25) is 0 Å². The van der Waals surface area contributed by atoms with Gasteiger partial charge in [0.25, 0.3) is 0 Å². The van der Waals surface area contributed by atoms with Crippen molar-refractivity contribution in [2.45, 2.75) is 31.9 Å². The first-order valence-corrected chi connectivity index (χ1v) is 8.90. The van der Waals surface area contributed by atoms with Crippen LogP contribution < -0.4 is 10.1 Å². The lowest BCUT2D eigenvalue weighted by Crippen LogP contribution is -2.43. The maximum absolute atomic E-state index is 5.79. The van der Waals surface area contributed by atoms with Gasteiger partial charge in [0.2, 0.25) is 0 Å². The minimum Gasteiger partial charge on any atom is -0.497 e. The van der Waals surface area contributed by atoms with E-state index < -0.39 is 0 Å². The van der Waals surface area contributed by atoms with Gasteiger partial charge < -0.3 is 24.4 Å². The molecule has 0 amide bonds. The van der Waals surface area contributed by atoms with Crippen LogP contribution in [0.5, 0.6) is 5.75 Å². The van der Waals surface area contributed by atoms with E-state index in [4.69, 9.17) is 26.4 Å². The van der Waals surface area contributed by atoms with Crippen LogP contribution >= 0.6 is 12.2 Å². The second-order valence-electron chi connectivity index (χ2n) is 5.95. The van der Waals surface area contributed by atoms with Crippen molar-refractivity contribution in [3.63, 3.8) is 0 Å². The molecule has 1 aliphatic rings. The number of methoxy groups -OCH3 is 2. The number of benzene rings is 1.